The highest BCUT2D eigenvalue weighted by molar-refractivity contribution is 6.33. The van der Waals surface area contributed by atoms with Crippen LogP contribution in [0.3, 0.4) is 0 Å². The molecule has 0 N–H and O–H groups in total. The van der Waals surface area contributed by atoms with Gasteiger partial charge in [-0.05, 0) is 50.1 Å². The van der Waals surface area contributed by atoms with Crippen molar-refractivity contribution in [2.45, 2.75) is 31.8 Å². The molecule has 0 radical (unpaired) electrons. The molecule has 2 atom stereocenters. The van der Waals surface area contributed by atoms with Crippen molar-refractivity contribution in [1.29, 1.82) is 0 Å². The van der Waals surface area contributed by atoms with E-state index in [1.807, 2.05) is 18.2 Å². The number of hydrogen-bond acceptors (Lipinski definition) is 7. The van der Waals surface area contributed by atoms with Crippen molar-refractivity contribution in [1.82, 2.24) is 15.0 Å². The molecular weight excluding hydrogens is 502 g/mol. The molecule has 2 aliphatic heterocycles. The Bertz CT molecular complexity index is 1230. The molecule has 2 fully saturated rings. The van der Waals surface area contributed by atoms with Crippen LogP contribution in [0, 0.1) is 5.82 Å². The highest BCUT2D eigenvalue weighted by Gasteiger charge is 2.31. The quantitative estimate of drug-likeness (QED) is 0.427. The van der Waals surface area contributed by atoms with Crippen molar-refractivity contribution in [2.75, 3.05) is 54.6 Å². The SMILES string of the molecule is COC[C@H]1CCCN1c1nc(-c2ccc(F)c(Cl)c2)cc(N2CCN(c3ncccc3Cl)C[C@H]2C)n1. The number of anilines is 3. The molecule has 5 rings (SSSR count). The van der Waals surface area contributed by atoms with E-state index in [2.05, 4.69) is 26.6 Å². The van der Waals surface area contributed by atoms with Crippen LogP contribution >= 0.6 is 23.2 Å². The van der Waals surface area contributed by atoms with Gasteiger partial charge in [0.05, 0.1) is 28.4 Å². The van der Waals surface area contributed by atoms with Gasteiger partial charge in [-0.25, -0.2) is 14.4 Å². The molecule has 1 aromatic carbocycles. The summed E-state index contributed by atoms with van der Waals surface area (Å²) in [5.41, 5.74) is 1.46. The molecule has 0 unspecified atom stereocenters. The fraction of sp³-hybridized carbons (Fsp3) is 0.423. The van der Waals surface area contributed by atoms with Gasteiger partial charge in [0, 0.05) is 57.2 Å². The van der Waals surface area contributed by atoms with Crippen molar-refractivity contribution < 1.29 is 9.13 Å². The number of ether oxygens (including phenoxy) is 1. The Balaban J connectivity index is 1.49. The standard InChI is InChI=1S/C26H29Cl2FN6O/c1-17-15-33(25-20(27)6-3-9-30-25)11-12-34(17)24-14-23(18-7-8-22(29)21(28)13-18)31-26(32-24)35-10-4-5-19(35)16-36-2/h3,6-9,13-14,17,19H,4-5,10-12,15-16H2,1-2H3/t17-,19-/m1/s1. The number of methoxy groups -OCH3 is 1. The van der Waals surface area contributed by atoms with Crippen molar-refractivity contribution in [3.8, 4) is 11.3 Å². The van der Waals surface area contributed by atoms with Crippen LogP contribution in [0.2, 0.25) is 10.0 Å². The average Bonchev–Trinajstić information content (AvgIpc) is 3.34. The predicted molar refractivity (Wildman–Crippen MR) is 143 cm³/mol. The zero-order valence-corrected chi connectivity index (χ0v) is 21.9. The Hall–Kier alpha value is -2.68. The maximum atomic E-state index is 13.9. The van der Waals surface area contributed by atoms with Crippen LogP contribution < -0.4 is 14.7 Å². The van der Waals surface area contributed by atoms with E-state index in [0.29, 0.717) is 23.3 Å². The second-order valence-corrected chi connectivity index (χ2v) is 10.1. The van der Waals surface area contributed by atoms with Crippen LogP contribution in [0.25, 0.3) is 11.3 Å². The molecule has 3 aromatic rings. The minimum Gasteiger partial charge on any atom is -0.383 e. The van der Waals surface area contributed by atoms with Gasteiger partial charge in [-0.3, -0.25) is 0 Å². The number of benzene rings is 1. The smallest absolute Gasteiger partial charge is 0.228 e. The number of pyridine rings is 1. The van der Waals surface area contributed by atoms with Crippen molar-refractivity contribution >= 4 is 40.8 Å². The van der Waals surface area contributed by atoms with Crippen LogP contribution in [-0.2, 0) is 4.74 Å². The largest absolute Gasteiger partial charge is 0.383 e. The van der Waals surface area contributed by atoms with Gasteiger partial charge in [0.15, 0.2) is 0 Å². The lowest BCUT2D eigenvalue weighted by atomic mass is 10.1. The predicted octanol–water partition coefficient (Wildman–Crippen LogP) is 5.31. The average molecular weight is 531 g/mol. The fourth-order valence-electron chi connectivity index (χ4n) is 5.07. The first-order valence-corrected chi connectivity index (χ1v) is 12.9. The molecule has 2 saturated heterocycles. The molecule has 7 nitrogen and oxygen atoms in total. The molecule has 0 bridgehead atoms. The maximum absolute atomic E-state index is 13.9. The molecule has 0 saturated carbocycles. The van der Waals surface area contributed by atoms with Crippen LogP contribution in [0.1, 0.15) is 19.8 Å². The summed E-state index contributed by atoms with van der Waals surface area (Å²) < 4.78 is 19.3. The van der Waals surface area contributed by atoms with Crippen molar-refractivity contribution in [3.63, 3.8) is 0 Å². The third-order valence-corrected chi connectivity index (χ3v) is 7.45. The molecule has 190 valence electrons. The van der Waals surface area contributed by atoms with E-state index in [9.17, 15) is 4.39 Å². The van der Waals surface area contributed by atoms with E-state index in [1.165, 1.54) is 6.07 Å². The monoisotopic (exact) mass is 530 g/mol. The Morgan fingerprint density at radius 3 is 2.67 bits per heavy atom. The van der Waals surface area contributed by atoms with Gasteiger partial charge in [-0.2, -0.15) is 4.98 Å². The van der Waals surface area contributed by atoms with E-state index in [1.54, 1.807) is 25.4 Å². The van der Waals surface area contributed by atoms with E-state index in [-0.39, 0.29) is 17.1 Å². The van der Waals surface area contributed by atoms with Crippen LogP contribution in [0.4, 0.5) is 22.0 Å². The molecule has 36 heavy (non-hydrogen) atoms. The van der Waals surface area contributed by atoms with Crippen molar-refractivity contribution in [3.05, 3.63) is 58.5 Å². The van der Waals surface area contributed by atoms with Gasteiger partial charge in [0.25, 0.3) is 0 Å². The maximum Gasteiger partial charge on any atom is 0.228 e. The molecule has 4 heterocycles. The molecule has 2 aliphatic rings. The molecule has 0 aliphatic carbocycles. The van der Waals surface area contributed by atoms with Gasteiger partial charge >= 0.3 is 0 Å². The van der Waals surface area contributed by atoms with Gasteiger partial charge < -0.3 is 19.4 Å². The summed E-state index contributed by atoms with van der Waals surface area (Å²) in [5, 5.41) is 0.720. The fourth-order valence-corrected chi connectivity index (χ4v) is 5.49. The molecule has 0 amide bonds. The lowest BCUT2D eigenvalue weighted by Crippen LogP contribution is -2.52. The summed E-state index contributed by atoms with van der Waals surface area (Å²) in [6.07, 6.45) is 3.85. The number of nitrogens with zero attached hydrogens (tertiary/aromatic N) is 6. The topological polar surface area (TPSA) is 57.6 Å². The lowest BCUT2D eigenvalue weighted by molar-refractivity contribution is 0.180. The first-order chi connectivity index (χ1) is 17.4. The van der Waals surface area contributed by atoms with Gasteiger partial charge in [-0.1, -0.05) is 23.2 Å². The van der Waals surface area contributed by atoms with Crippen LogP contribution in [0.15, 0.2) is 42.6 Å². The van der Waals surface area contributed by atoms with E-state index >= 15 is 0 Å². The van der Waals surface area contributed by atoms with E-state index in [4.69, 9.17) is 37.9 Å². The molecule has 10 heteroatoms. The zero-order chi connectivity index (χ0) is 25.2. The van der Waals surface area contributed by atoms with Gasteiger partial charge in [-0.15, -0.1) is 0 Å². The van der Waals surface area contributed by atoms with E-state index < -0.39 is 5.82 Å². The zero-order valence-electron chi connectivity index (χ0n) is 20.4. The Kier molecular flexibility index (Phi) is 7.46. The van der Waals surface area contributed by atoms with Crippen LogP contribution in [0.5, 0.6) is 0 Å². The summed E-state index contributed by atoms with van der Waals surface area (Å²) in [6.45, 7) is 5.91. The number of piperazine rings is 1. The molecule has 2 aromatic heterocycles. The highest BCUT2D eigenvalue weighted by atomic mass is 35.5. The number of hydrogen-bond donors (Lipinski definition) is 0. The third-order valence-electron chi connectivity index (χ3n) is 6.87. The summed E-state index contributed by atoms with van der Waals surface area (Å²) >= 11 is 12.5. The normalized spacial score (nSPS) is 20.3. The second kappa shape index (κ2) is 10.7. The van der Waals surface area contributed by atoms with Gasteiger partial charge in [0.2, 0.25) is 5.95 Å². The Labute approximate surface area is 220 Å². The second-order valence-electron chi connectivity index (χ2n) is 9.28. The van der Waals surface area contributed by atoms with Gasteiger partial charge in [0.1, 0.15) is 17.5 Å². The third kappa shape index (κ3) is 5.08. The number of aromatic nitrogens is 3. The lowest BCUT2D eigenvalue weighted by Gasteiger charge is -2.41. The summed E-state index contributed by atoms with van der Waals surface area (Å²) in [7, 11) is 1.72. The first-order valence-electron chi connectivity index (χ1n) is 12.2. The van der Waals surface area contributed by atoms with Crippen LogP contribution in [-0.4, -0.2) is 66.9 Å². The van der Waals surface area contributed by atoms with E-state index in [0.717, 1.165) is 56.2 Å². The number of rotatable bonds is 6. The minimum absolute atomic E-state index is 0.0712. The highest BCUT2D eigenvalue weighted by Crippen LogP contribution is 2.33. The first kappa shape index (κ1) is 25.0. The Morgan fingerprint density at radius 2 is 1.92 bits per heavy atom. The summed E-state index contributed by atoms with van der Waals surface area (Å²) in [4.78, 5) is 21.1. The summed E-state index contributed by atoms with van der Waals surface area (Å²) in [6, 6.07) is 10.7. The number of halogens is 3. The Morgan fingerprint density at radius 1 is 1.06 bits per heavy atom. The minimum atomic E-state index is -0.451. The summed E-state index contributed by atoms with van der Waals surface area (Å²) in [5.74, 6) is 1.84. The van der Waals surface area contributed by atoms with Crippen molar-refractivity contribution in [2.24, 2.45) is 0 Å². The molecule has 0 spiro atoms. The molecular formula is C26H29Cl2FN6O.